The molecule has 4 nitrogen and oxygen atoms in total. The Labute approximate surface area is 250 Å². The molecule has 0 bridgehead atoms. The van der Waals surface area contributed by atoms with E-state index in [1.807, 2.05) is 0 Å². The van der Waals surface area contributed by atoms with Gasteiger partial charge in [0.05, 0.1) is 13.2 Å². The van der Waals surface area contributed by atoms with Crippen LogP contribution in [0.1, 0.15) is 189 Å². The van der Waals surface area contributed by atoms with Crippen LogP contribution in [0, 0.1) is 17.8 Å². The maximum absolute atomic E-state index is 12.0. The van der Waals surface area contributed by atoms with Crippen molar-refractivity contribution in [1.29, 1.82) is 0 Å². The van der Waals surface area contributed by atoms with Crippen molar-refractivity contribution in [3.63, 3.8) is 0 Å². The minimum atomic E-state index is -0.00474. The molecule has 1 atom stereocenters. The fourth-order valence-corrected chi connectivity index (χ4v) is 5.35. The second-order valence-corrected chi connectivity index (χ2v) is 13.2. The molecule has 238 valence electrons. The van der Waals surface area contributed by atoms with Crippen LogP contribution in [-0.2, 0) is 19.1 Å². The lowest BCUT2D eigenvalue weighted by atomic mass is 9.93. The first-order valence-corrected chi connectivity index (χ1v) is 17.7. The Kier molecular flexibility index (Phi) is 28.7. The Hall–Kier alpha value is -1.06. The average Bonchev–Trinajstić information content (AvgIpc) is 2.92. The van der Waals surface area contributed by atoms with E-state index in [1.165, 1.54) is 109 Å². The van der Waals surface area contributed by atoms with E-state index >= 15 is 0 Å². The van der Waals surface area contributed by atoms with Crippen molar-refractivity contribution in [2.45, 2.75) is 189 Å². The Morgan fingerprint density at radius 3 is 1.27 bits per heavy atom. The molecule has 0 saturated heterocycles. The molecule has 1 unspecified atom stereocenters. The van der Waals surface area contributed by atoms with Crippen LogP contribution in [0.25, 0.3) is 0 Å². The van der Waals surface area contributed by atoms with Gasteiger partial charge in [-0.15, -0.1) is 0 Å². The summed E-state index contributed by atoms with van der Waals surface area (Å²) in [7, 11) is 0. The number of esters is 2. The maximum Gasteiger partial charge on any atom is 0.305 e. The van der Waals surface area contributed by atoms with Gasteiger partial charge in [-0.1, -0.05) is 150 Å². The van der Waals surface area contributed by atoms with Crippen LogP contribution in [0.3, 0.4) is 0 Å². The van der Waals surface area contributed by atoms with Gasteiger partial charge in [0.25, 0.3) is 0 Å². The third-order valence-electron chi connectivity index (χ3n) is 8.21. The summed E-state index contributed by atoms with van der Waals surface area (Å²) in [5.74, 6) is 2.20. The van der Waals surface area contributed by atoms with E-state index < -0.39 is 0 Å². The van der Waals surface area contributed by atoms with Crippen LogP contribution in [0.2, 0.25) is 0 Å². The molecule has 0 aromatic rings. The summed E-state index contributed by atoms with van der Waals surface area (Å²) in [5.41, 5.74) is 0. The zero-order valence-electron chi connectivity index (χ0n) is 27.7. The highest BCUT2D eigenvalue weighted by molar-refractivity contribution is 5.69. The highest BCUT2D eigenvalue weighted by atomic mass is 16.5. The van der Waals surface area contributed by atoms with Crippen molar-refractivity contribution < 1.29 is 19.1 Å². The predicted octanol–water partition coefficient (Wildman–Crippen LogP) is 11.4. The van der Waals surface area contributed by atoms with Gasteiger partial charge < -0.3 is 9.47 Å². The van der Waals surface area contributed by atoms with Crippen molar-refractivity contribution >= 4 is 11.9 Å². The number of hydrogen-bond donors (Lipinski definition) is 0. The normalized spacial score (nSPS) is 12.3. The lowest BCUT2D eigenvalue weighted by Crippen LogP contribution is -2.09. The molecule has 0 heterocycles. The summed E-state index contributed by atoms with van der Waals surface area (Å²) in [5, 5.41) is 0. The highest BCUT2D eigenvalue weighted by Crippen LogP contribution is 2.21. The minimum absolute atomic E-state index is 0.00284. The summed E-state index contributed by atoms with van der Waals surface area (Å²) in [6.07, 6.45) is 28.0. The molecule has 0 saturated carbocycles. The molecule has 0 aliphatic rings. The Morgan fingerprint density at radius 2 is 0.825 bits per heavy atom. The van der Waals surface area contributed by atoms with E-state index in [0.717, 1.165) is 43.9 Å². The van der Waals surface area contributed by atoms with Crippen molar-refractivity contribution in [2.75, 3.05) is 13.2 Å². The van der Waals surface area contributed by atoms with Crippen LogP contribution in [0.15, 0.2) is 0 Å². The van der Waals surface area contributed by atoms with E-state index in [0.29, 0.717) is 32.0 Å². The van der Waals surface area contributed by atoms with E-state index in [4.69, 9.17) is 9.47 Å². The molecule has 40 heavy (non-hydrogen) atoms. The predicted molar refractivity (Wildman–Crippen MR) is 172 cm³/mol. The molecular weight excluding hydrogens is 496 g/mol. The van der Waals surface area contributed by atoms with E-state index in [2.05, 4.69) is 34.6 Å². The van der Waals surface area contributed by atoms with Crippen molar-refractivity contribution in [2.24, 2.45) is 17.8 Å². The molecule has 0 aliphatic heterocycles. The first-order chi connectivity index (χ1) is 19.3. The van der Waals surface area contributed by atoms with Crippen LogP contribution in [0.4, 0.5) is 0 Å². The molecule has 4 heteroatoms. The zero-order valence-corrected chi connectivity index (χ0v) is 27.7. The largest absolute Gasteiger partial charge is 0.466 e. The van der Waals surface area contributed by atoms with Gasteiger partial charge in [-0.3, -0.25) is 9.59 Å². The topological polar surface area (TPSA) is 52.6 Å². The summed E-state index contributed by atoms with van der Waals surface area (Å²) in [6, 6.07) is 0. The van der Waals surface area contributed by atoms with Crippen molar-refractivity contribution in [1.82, 2.24) is 0 Å². The Morgan fingerprint density at radius 1 is 0.450 bits per heavy atom. The number of carbonyl (C=O) groups is 2. The Bertz CT molecular complexity index is 557. The highest BCUT2D eigenvalue weighted by Gasteiger charge is 2.10. The van der Waals surface area contributed by atoms with Gasteiger partial charge >= 0.3 is 11.9 Å². The summed E-state index contributed by atoms with van der Waals surface area (Å²) >= 11 is 0. The van der Waals surface area contributed by atoms with Crippen LogP contribution in [0.5, 0.6) is 0 Å². The first-order valence-electron chi connectivity index (χ1n) is 17.7. The van der Waals surface area contributed by atoms with Gasteiger partial charge in [-0.2, -0.15) is 0 Å². The zero-order chi connectivity index (χ0) is 29.7. The quantitative estimate of drug-likeness (QED) is 0.0641. The first kappa shape index (κ1) is 38.9. The lowest BCUT2D eigenvalue weighted by Gasteiger charge is -2.14. The van der Waals surface area contributed by atoms with E-state index in [9.17, 15) is 9.59 Å². The number of unbranched alkanes of at least 4 members (excludes halogenated alkanes) is 14. The van der Waals surface area contributed by atoms with Gasteiger partial charge in [0.2, 0.25) is 0 Å². The standard InChI is InChI=1S/C36H70O4/c1-6-34(28-29-36(38)40-31-23-17-19-25-33(4)5)26-20-14-12-10-8-7-9-11-13-15-21-27-35(37)39-30-22-16-18-24-32(2)3/h32-34H,6-31H2,1-5H3. The maximum atomic E-state index is 12.0. The van der Waals surface area contributed by atoms with Gasteiger partial charge in [0, 0.05) is 12.8 Å². The lowest BCUT2D eigenvalue weighted by molar-refractivity contribution is -0.145. The van der Waals surface area contributed by atoms with Crippen molar-refractivity contribution in [3.8, 4) is 0 Å². The fourth-order valence-electron chi connectivity index (χ4n) is 5.35. The molecule has 0 fully saturated rings. The third-order valence-corrected chi connectivity index (χ3v) is 8.21. The van der Waals surface area contributed by atoms with Gasteiger partial charge in [0.15, 0.2) is 0 Å². The molecule has 0 aromatic heterocycles. The molecule has 0 amide bonds. The van der Waals surface area contributed by atoms with Crippen LogP contribution in [-0.4, -0.2) is 25.2 Å². The van der Waals surface area contributed by atoms with Gasteiger partial charge in [0.1, 0.15) is 0 Å². The van der Waals surface area contributed by atoms with Gasteiger partial charge in [-0.25, -0.2) is 0 Å². The SMILES string of the molecule is CCC(CCCCCCCCCCCCCC(=O)OCCCCCC(C)C)CCC(=O)OCCCCCC(C)C. The minimum Gasteiger partial charge on any atom is -0.466 e. The van der Waals surface area contributed by atoms with Crippen LogP contribution < -0.4 is 0 Å². The Balaban J connectivity index is 3.42. The molecule has 0 radical (unpaired) electrons. The number of hydrogen-bond acceptors (Lipinski definition) is 4. The molecule has 0 aliphatic carbocycles. The monoisotopic (exact) mass is 567 g/mol. The van der Waals surface area contributed by atoms with Crippen LogP contribution >= 0.6 is 0 Å². The summed E-state index contributed by atoms with van der Waals surface area (Å²) < 4.78 is 10.8. The van der Waals surface area contributed by atoms with E-state index in [-0.39, 0.29) is 11.9 Å². The number of carbonyl (C=O) groups excluding carboxylic acids is 2. The number of ether oxygens (including phenoxy) is 2. The average molecular weight is 567 g/mol. The van der Waals surface area contributed by atoms with Crippen molar-refractivity contribution in [3.05, 3.63) is 0 Å². The summed E-state index contributed by atoms with van der Waals surface area (Å²) in [4.78, 5) is 23.9. The molecular formula is C36H70O4. The molecule has 0 rings (SSSR count). The second-order valence-electron chi connectivity index (χ2n) is 13.2. The molecule has 0 spiro atoms. The molecule has 0 aromatic carbocycles. The third kappa shape index (κ3) is 29.9. The number of rotatable bonds is 30. The molecule has 0 N–H and O–H groups in total. The van der Waals surface area contributed by atoms with E-state index in [1.54, 1.807) is 0 Å². The second kappa shape index (κ2) is 29.4. The van der Waals surface area contributed by atoms with Gasteiger partial charge in [-0.05, 0) is 43.4 Å². The fraction of sp³-hybridized carbons (Fsp3) is 0.944. The smallest absolute Gasteiger partial charge is 0.305 e. The summed E-state index contributed by atoms with van der Waals surface area (Å²) in [6.45, 7) is 12.5.